The Hall–Kier alpha value is -2.40. The number of fused-ring (bicyclic) bond motifs is 1. The zero-order chi connectivity index (χ0) is 15.5. The standard InChI is InChI=1S/C17H13BrN2O2/c1-22-16-9-7-12(18)10-11(16)6-8-15(21)17-19-13-4-2-3-5-14(13)20-17/h2-10H,1H3,(H,19,20)/b8-6+. The molecular weight excluding hydrogens is 344 g/mol. The number of hydrogen-bond acceptors (Lipinski definition) is 3. The van der Waals surface area contributed by atoms with Gasteiger partial charge in [-0.3, -0.25) is 4.79 Å². The van der Waals surface area contributed by atoms with Crippen LogP contribution in [0.4, 0.5) is 0 Å². The van der Waals surface area contributed by atoms with E-state index in [0.29, 0.717) is 11.6 Å². The Kier molecular flexibility index (Phi) is 4.06. The van der Waals surface area contributed by atoms with Gasteiger partial charge in [0.1, 0.15) is 5.75 Å². The SMILES string of the molecule is COc1ccc(Br)cc1/C=C/C(=O)c1nc2ccccc2[nH]1. The number of ether oxygens (including phenoxy) is 1. The lowest BCUT2D eigenvalue weighted by Gasteiger charge is -2.04. The smallest absolute Gasteiger partial charge is 0.221 e. The highest BCUT2D eigenvalue weighted by molar-refractivity contribution is 9.10. The summed E-state index contributed by atoms with van der Waals surface area (Å²) in [7, 11) is 1.60. The van der Waals surface area contributed by atoms with Crippen LogP contribution >= 0.6 is 15.9 Å². The number of nitrogens with one attached hydrogen (secondary N) is 1. The first-order valence-corrected chi connectivity index (χ1v) is 7.47. The normalized spacial score (nSPS) is 11.2. The summed E-state index contributed by atoms with van der Waals surface area (Å²) in [4.78, 5) is 19.5. The van der Waals surface area contributed by atoms with E-state index in [1.54, 1.807) is 13.2 Å². The number of benzene rings is 2. The number of rotatable bonds is 4. The van der Waals surface area contributed by atoms with Crippen LogP contribution in [0, 0.1) is 0 Å². The highest BCUT2D eigenvalue weighted by atomic mass is 79.9. The zero-order valence-electron chi connectivity index (χ0n) is 11.8. The lowest BCUT2D eigenvalue weighted by atomic mass is 10.1. The lowest BCUT2D eigenvalue weighted by molar-refractivity contribution is 0.103. The molecule has 0 amide bonds. The predicted molar refractivity (Wildman–Crippen MR) is 90.2 cm³/mol. The minimum atomic E-state index is -0.182. The van der Waals surface area contributed by atoms with E-state index >= 15 is 0 Å². The minimum absolute atomic E-state index is 0.182. The van der Waals surface area contributed by atoms with Crippen molar-refractivity contribution in [3.8, 4) is 5.75 Å². The van der Waals surface area contributed by atoms with Gasteiger partial charge in [0.25, 0.3) is 0 Å². The molecule has 0 aliphatic heterocycles. The first kappa shape index (κ1) is 14.5. The molecule has 0 aliphatic carbocycles. The summed E-state index contributed by atoms with van der Waals surface area (Å²) in [5.41, 5.74) is 2.44. The van der Waals surface area contributed by atoms with Crippen LogP contribution in [0.5, 0.6) is 5.75 Å². The Morgan fingerprint density at radius 1 is 1.27 bits per heavy atom. The Morgan fingerprint density at radius 2 is 2.09 bits per heavy atom. The molecule has 1 aromatic heterocycles. The molecule has 4 nitrogen and oxygen atoms in total. The molecule has 0 radical (unpaired) electrons. The van der Waals surface area contributed by atoms with E-state index in [2.05, 4.69) is 25.9 Å². The van der Waals surface area contributed by atoms with Crippen molar-refractivity contribution in [3.05, 3.63) is 64.4 Å². The molecule has 1 heterocycles. The lowest BCUT2D eigenvalue weighted by Crippen LogP contribution is -1.97. The molecule has 22 heavy (non-hydrogen) atoms. The number of aromatic amines is 1. The number of methoxy groups -OCH3 is 1. The van der Waals surface area contributed by atoms with Gasteiger partial charge in [0.05, 0.1) is 18.1 Å². The number of imidazole rings is 1. The van der Waals surface area contributed by atoms with Crippen molar-refractivity contribution >= 4 is 38.8 Å². The minimum Gasteiger partial charge on any atom is -0.496 e. The topological polar surface area (TPSA) is 55.0 Å². The number of para-hydroxylation sites is 2. The summed E-state index contributed by atoms with van der Waals surface area (Å²) in [6.45, 7) is 0. The fraction of sp³-hybridized carbons (Fsp3) is 0.0588. The third-order valence-corrected chi connectivity index (χ3v) is 3.72. The fourth-order valence-electron chi connectivity index (χ4n) is 2.15. The van der Waals surface area contributed by atoms with E-state index in [1.165, 1.54) is 6.08 Å². The van der Waals surface area contributed by atoms with Crippen molar-refractivity contribution < 1.29 is 9.53 Å². The van der Waals surface area contributed by atoms with E-state index in [-0.39, 0.29) is 5.78 Å². The number of carbonyl (C=O) groups excluding carboxylic acids is 1. The molecule has 2 aromatic carbocycles. The third-order valence-electron chi connectivity index (χ3n) is 3.23. The van der Waals surface area contributed by atoms with Gasteiger partial charge in [-0.15, -0.1) is 0 Å². The van der Waals surface area contributed by atoms with E-state index in [9.17, 15) is 4.79 Å². The van der Waals surface area contributed by atoms with Crippen LogP contribution in [0.25, 0.3) is 17.1 Å². The van der Waals surface area contributed by atoms with Crippen molar-refractivity contribution in [1.29, 1.82) is 0 Å². The molecule has 5 heteroatoms. The van der Waals surface area contributed by atoms with Crippen molar-refractivity contribution in [3.63, 3.8) is 0 Å². The second-order valence-electron chi connectivity index (χ2n) is 4.69. The Labute approximate surface area is 136 Å². The third kappa shape index (κ3) is 2.94. The van der Waals surface area contributed by atoms with Gasteiger partial charge in [0, 0.05) is 10.0 Å². The van der Waals surface area contributed by atoms with Crippen LogP contribution in [-0.2, 0) is 0 Å². The van der Waals surface area contributed by atoms with Gasteiger partial charge in [-0.2, -0.15) is 0 Å². The molecule has 0 spiro atoms. The van der Waals surface area contributed by atoms with Crippen LogP contribution in [0.2, 0.25) is 0 Å². The highest BCUT2D eigenvalue weighted by Gasteiger charge is 2.08. The van der Waals surface area contributed by atoms with Gasteiger partial charge in [0.15, 0.2) is 5.82 Å². The first-order valence-electron chi connectivity index (χ1n) is 6.68. The van der Waals surface area contributed by atoms with Crippen LogP contribution in [0.1, 0.15) is 16.2 Å². The molecular formula is C17H13BrN2O2. The first-order chi connectivity index (χ1) is 10.7. The molecule has 0 bridgehead atoms. The van der Waals surface area contributed by atoms with E-state index in [4.69, 9.17) is 4.74 Å². The summed E-state index contributed by atoms with van der Waals surface area (Å²) in [5, 5.41) is 0. The quantitative estimate of drug-likeness (QED) is 0.562. The Balaban J connectivity index is 1.89. The van der Waals surface area contributed by atoms with E-state index in [1.807, 2.05) is 42.5 Å². The second kappa shape index (κ2) is 6.15. The number of nitrogens with zero attached hydrogens (tertiary/aromatic N) is 1. The van der Waals surface area contributed by atoms with Gasteiger partial charge < -0.3 is 9.72 Å². The number of H-pyrrole nitrogens is 1. The molecule has 0 saturated heterocycles. The molecule has 3 rings (SSSR count). The molecule has 0 fully saturated rings. The monoisotopic (exact) mass is 356 g/mol. The van der Waals surface area contributed by atoms with Gasteiger partial charge in [-0.1, -0.05) is 28.1 Å². The van der Waals surface area contributed by atoms with Crippen LogP contribution in [0.3, 0.4) is 0 Å². The molecule has 1 N–H and O–H groups in total. The Morgan fingerprint density at radius 3 is 2.86 bits per heavy atom. The second-order valence-corrected chi connectivity index (χ2v) is 5.60. The summed E-state index contributed by atoms with van der Waals surface area (Å²) < 4.78 is 6.20. The van der Waals surface area contributed by atoms with Crippen molar-refractivity contribution in [2.24, 2.45) is 0 Å². The highest BCUT2D eigenvalue weighted by Crippen LogP contribution is 2.24. The summed E-state index contributed by atoms with van der Waals surface area (Å²) in [5.74, 6) is 0.849. The molecule has 0 aliphatic rings. The molecule has 110 valence electrons. The summed E-state index contributed by atoms with van der Waals surface area (Å²) in [6.07, 6.45) is 3.21. The van der Waals surface area contributed by atoms with E-state index < -0.39 is 0 Å². The molecule has 0 atom stereocenters. The number of allylic oxidation sites excluding steroid dienone is 1. The van der Waals surface area contributed by atoms with Crippen molar-refractivity contribution in [1.82, 2.24) is 9.97 Å². The van der Waals surface area contributed by atoms with Gasteiger partial charge in [-0.05, 0) is 42.5 Å². The maximum absolute atomic E-state index is 12.2. The van der Waals surface area contributed by atoms with Crippen LogP contribution in [0.15, 0.2) is 53.0 Å². The van der Waals surface area contributed by atoms with Crippen LogP contribution < -0.4 is 4.74 Å². The van der Waals surface area contributed by atoms with Crippen molar-refractivity contribution in [2.75, 3.05) is 7.11 Å². The molecule has 3 aromatic rings. The average molecular weight is 357 g/mol. The van der Waals surface area contributed by atoms with Crippen LogP contribution in [-0.4, -0.2) is 22.9 Å². The largest absolute Gasteiger partial charge is 0.496 e. The van der Waals surface area contributed by atoms with Gasteiger partial charge in [-0.25, -0.2) is 4.98 Å². The predicted octanol–water partition coefficient (Wildman–Crippen LogP) is 4.23. The van der Waals surface area contributed by atoms with E-state index in [0.717, 1.165) is 21.1 Å². The zero-order valence-corrected chi connectivity index (χ0v) is 13.4. The van der Waals surface area contributed by atoms with Gasteiger partial charge in [0.2, 0.25) is 5.78 Å². The maximum Gasteiger partial charge on any atom is 0.221 e. The number of halogens is 1. The molecule has 0 saturated carbocycles. The fourth-order valence-corrected chi connectivity index (χ4v) is 2.53. The number of hydrogen-bond donors (Lipinski definition) is 1. The summed E-state index contributed by atoms with van der Waals surface area (Å²) in [6, 6.07) is 13.2. The Bertz CT molecular complexity index is 835. The van der Waals surface area contributed by atoms with Gasteiger partial charge >= 0.3 is 0 Å². The number of carbonyl (C=O) groups is 1. The maximum atomic E-state index is 12.2. The number of ketones is 1. The molecule has 0 unspecified atom stereocenters. The van der Waals surface area contributed by atoms with Crippen molar-refractivity contribution in [2.45, 2.75) is 0 Å². The average Bonchev–Trinajstić information content (AvgIpc) is 2.97. The number of aromatic nitrogens is 2. The summed E-state index contributed by atoms with van der Waals surface area (Å²) >= 11 is 3.41.